The number of pyridine rings is 1. The molecule has 2 aromatic carbocycles. The molecular formula is C17H13BrFN3O. The SMILES string of the molecule is NC(=O)N(Cc1ccc(Br)c(F)c1)c1cccc2cnccc12. The molecule has 6 heteroatoms. The zero-order valence-corrected chi connectivity index (χ0v) is 13.6. The lowest BCUT2D eigenvalue weighted by atomic mass is 10.1. The fourth-order valence-electron chi connectivity index (χ4n) is 2.44. The lowest BCUT2D eigenvalue weighted by Gasteiger charge is -2.22. The molecular weight excluding hydrogens is 361 g/mol. The van der Waals surface area contributed by atoms with Gasteiger partial charge in [-0.1, -0.05) is 18.2 Å². The van der Waals surface area contributed by atoms with Crippen molar-refractivity contribution >= 4 is 38.4 Å². The van der Waals surface area contributed by atoms with Crippen LogP contribution < -0.4 is 10.6 Å². The minimum absolute atomic E-state index is 0.182. The molecule has 0 unspecified atom stereocenters. The van der Waals surface area contributed by atoms with E-state index in [2.05, 4.69) is 20.9 Å². The second-order valence-corrected chi connectivity index (χ2v) is 5.90. The number of anilines is 1. The smallest absolute Gasteiger partial charge is 0.319 e. The highest BCUT2D eigenvalue weighted by Gasteiger charge is 2.16. The number of nitrogens with two attached hydrogens (primary N) is 1. The molecule has 3 aromatic rings. The van der Waals surface area contributed by atoms with E-state index in [4.69, 9.17) is 5.73 Å². The van der Waals surface area contributed by atoms with Crippen molar-refractivity contribution in [3.63, 3.8) is 0 Å². The Morgan fingerprint density at radius 3 is 2.83 bits per heavy atom. The van der Waals surface area contributed by atoms with Gasteiger partial charge in [0.1, 0.15) is 5.82 Å². The molecule has 0 spiro atoms. The van der Waals surface area contributed by atoms with Gasteiger partial charge in [0, 0.05) is 23.2 Å². The van der Waals surface area contributed by atoms with Gasteiger partial charge in [0.05, 0.1) is 16.7 Å². The first kappa shape index (κ1) is 15.4. The van der Waals surface area contributed by atoms with Gasteiger partial charge in [-0.05, 0) is 45.8 Å². The molecule has 0 aliphatic carbocycles. The number of urea groups is 1. The topological polar surface area (TPSA) is 59.2 Å². The number of carbonyl (C=O) groups is 1. The maximum atomic E-state index is 13.7. The normalized spacial score (nSPS) is 10.7. The molecule has 2 N–H and O–H groups in total. The van der Waals surface area contributed by atoms with Crippen molar-refractivity contribution in [3.05, 3.63) is 70.7 Å². The minimum Gasteiger partial charge on any atom is -0.351 e. The largest absolute Gasteiger partial charge is 0.351 e. The van der Waals surface area contributed by atoms with Crippen molar-refractivity contribution in [1.82, 2.24) is 4.98 Å². The van der Waals surface area contributed by atoms with Crippen molar-refractivity contribution < 1.29 is 9.18 Å². The highest BCUT2D eigenvalue weighted by atomic mass is 79.9. The van der Waals surface area contributed by atoms with Gasteiger partial charge >= 0.3 is 6.03 Å². The van der Waals surface area contributed by atoms with Crippen LogP contribution in [0.2, 0.25) is 0 Å². The molecule has 0 saturated heterocycles. The number of amides is 2. The Bertz CT molecular complexity index is 879. The Balaban J connectivity index is 2.04. The van der Waals surface area contributed by atoms with Crippen molar-refractivity contribution in [2.24, 2.45) is 5.73 Å². The molecule has 0 fully saturated rings. The Morgan fingerprint density at radius 2 is 2.09 bits per heavy atom. The molecule has 2 amide bonds. The molecule has 0 saturated carbocycles. The molecule has 0 radical (unpaired) electrons. The molecule has 3 rings (SSSR count). The number of benzene rings is 2. The van der Waals surface area contributed by atoms with Crippen molar-refractivity contribution in [1.29, 1.82) is 0 Å². The number of hydrogen-bond acceptors (Lipinski definition) is 2. The number of rotatable bonds is 3. The summed E-state index contributed by atoms with van der Waals surface area (Å²) in [5.74, 6) is -0.381. The fourth-order valence-corrected chi connectivity index (χ4v) is 2.69. The predicted octanol–water partition coefficient (Wildman–Crippen LogP) is 4.22. The van der Waals surface area contributed by atoms with Crippen LogP contribution in [0.4, 0.5) is 14.9 Å². The monoisotopic (exact) mass is 373 g/mol. The number of carbonyl (C=O) groups excluding carboxylic acids is 1. The first-order chi connectivity index (χ1) is 11.1. The summed E-state index contributed by atoms with van der Waals surface area (Å²) in [6, 6.07) is 11.5. The van der Waals surface area contributed by atoms with E-state index in [0.717, 1.165) is 10.8 Å². The van der Waals surface area contributed by atoms with E-state index in [1.165, 1.54) is 11.0 Å². The minimum atomic E-state index is -0.599. The van der Waals surface area contributed by atoms with Gasteiger partial charge in [0.25, 0.3) is 0 Å². The third-order valence-electron chi connectivity index (χ3n) is 3.54. The van der Waals surface area contributed by atoms with Gasteiger partial charge in [-0.15, -0.1) is 0 Å². The highest BCUT2D eigenvalue weighted by molar-refractivity contribution is 9.10. The average Bonchev–Trinajstić information content (AvgIpc) is 2.55. The highest BCUT2D eigenvalue weighted by Crippen LogP contribution is 2.28. The Kier molecular flexibility index (Phi) is 4.25. The summed E-state index contributed by atoms with van der Waals surface area (Å²) in [5.41, 5.74) is 6.86. The number of nitrogens with zero attached hydrogens (tertiary/aromatic N) is 2. The van der Waals surface area contributed by atoms with Crippen LogP contribution in [0.1, 0.15) is 5.56 Å². The molecule has 4 nitrogen and oxygen atoms in total. The number of aromatic nitrogens is 1. The predicted molar refractivity (Wildman–Crippen MR) is 91.6 cm³/mol. The van der Waals surface area contributed by atoms with E-state index in [1.807, 2.05) is 24.3 Å². The maximum Gasteiger partial charge on any atom is 0.319 e. The van der Waals surface area contributed by atoms with Crippen molar-refractivity contribution in [2.45, 2.75) is 6.54 Å². The van der Waals surface area contributed by atoms with E-state index in [0.29, 0.717) is 15.7 Å². The van der Waals surface area contributed by atoms with Gasteiger partial charge in [-0.25, -0.2) is 9.18 Å². The van der Waals surface area contributed by atoms with Gasteiger partial charge in [-0.3, -0.25) is 9.88 Å². The van der Waals surface area contributed by atoms with Crippen LogP contribution in [0.5, 0.6) is 0 Å². The molecule has 0 atom stereocenters. The van der Waals surface area contributed by atoms with Crippen molar-refractivity contribution in [2.75, 3.05) is 4.90 Å². The van der Waals surface area contributed by atoms with E-state index in [9.17, 15) is 9.18 Å². The molecule has 0 aliphatic rings. The van der Waals surface area contributed by atoms with Crippen LogP contribution in [0.3, 0.4) is 0 Å². The summed E-state index contributed by atoms with van der Waals surface area (Å²) in [5, 5.41) is 1.76. The molecule has 0 bridgehead atoms. The molecule has 1 aromatic heterocycles. The van der Waals surface area contributed by atoms with Crippen LogP contribution in [-0.2, 0) is 6.54 Å². The average molecular weight is 374 g/mol. The number of hydrogen-bond donors (Lipinski definition) is 1. The van der Waals surface area contributed by atoms with E-state index in [-0.39, 0.29) is 12.4 Å². The van der Waals surface area contributed by atoms with Gasteiger partial charge in [0.2, 0.25) is 0 Å². The summed E-state index contributed by atoms with van der Waals surface area (Å²) in [7, 11) is 0. The van der Waals surface area contributed by atoms with Crippen LogP contribution in [0, 0.1) is 5.82 Å². The first-order valence-electron chi connectivity index (χ1n) is 6.90. The Morgan fingerprint density at radius 1 is 1.26 bits per heavy atom. The number of primary amides is 1. The Labute approximate surface area is 140 Å². The number of fused-ring (bicyclic) bond motifs is 1. The number of halogens is 2. The summed E-state index contributed by atoms with van der Waals surface area (Å²) < 4.78 is 14.1. The van der Waals surface area contributed by atoms with Crippen molar-refractivity contribution in [3.8, 4) is 0 Å². The Hall–Kier alpha value is -2.47. The van der Waals surface area contributed by atoms with Gasteiger partial charge < -0.3 is 5.73 Å². The summed E-state index contributed by atoms with van der Waals surface area (Å²) in [4.78, 5) is 17.4. The zero-order valence-electron chi connectivity index (χ0n) is 12.0. The lowest BCUT2D eigenvalue weighted by molar-refractivity contribution is 0.253. The summed E-state index contributed by atoms with van der Waals surface area (Å²) in [6.45, 7) is 0.182. The first-order valence-corrected chi connectivity index (χ1v) is 7.69. The van der Waals surface area contributed by atoms with Gasteiger partial charge in [0.15, 0.2) is 0 Å². The third kappa shape index (κ3) is 3.17. The summed E-state index contributed by atoms with van der Waals surface area (Å²) in [6.07, 6.45) is 3.38. The second-order valence-electron chi connectivity index (χ2n) is 5.05. The lowest BCUT2D eigenvalue weighted by Crippen LogP contribution is -2.35. The van der Waals surface area contributed by atoms with Crippen LogP contribution in [-0.4, -0.2) is 11.0 Å². The fraction of sp³-hybridized carbons (Fsp3) is 0.0588. The zero-order chi connectivity index (χ0) is 16.4. The molecule has 0 aliphatic heterocycles. The van der Waals surface area contributed by atoms with Crippen LogP contribution in [0.25, 0.3) is 10.8 Å². The third-order valence-corrected chi connectivity index (χ3v) is 4.18. The summed E-state index contributed by atoms with van der Waals surface area (Å²) >= 11 is 3.11. The second kappa shape index (κ2) is 6.34. The molecule has 23 heavy (non-hydrogen) atoms. The van der Waals surface area contributed by atoms with E-state index < -0.39 is 6.03 Å². The molecule has 116 valence electrons. The molecule has 1 heterocycles. The standard InChI is InChI=1S/C17H13BrFN3O/c18-14-5-4-11(8-15(14)19)10-22(17(20)23)16-3-1-2-12-9-21-7-6-13(12)16/h1-9H,10H2,(H2,20,23). The quantitative estimate of drug-likeness (QED) is 0.746. The van der Waals surface area contributed by atoms with E-state index >= 15 is 0 Å². The maximum absolute atomic E-state index is 13.7. The van der Waals surface area contributed by atoms with Crippen LogP contribution in [0.15, 0.2) is 59.3 Å². The van der Waals surface area contributed by atoms with Crippen LogP contribution >= 0.6 is 15.9 Å². The van der Waals surface area contributed by atoms with E-state index in [1.54, 1.807) is 24.5 Å². The van der Waals surface area contributed by atoms with Gasteiger partial charge in [-0.2, -0.15) is 0 Å².